The molecule has 0 radical (unpaired) electrons. The van der Waals surface area contributed by atoms with E-state index in [0.29, 0.717) is 0 Å². The van der Waals surface area contributed by atoms with Crippen LogP contribution in [0.25, 0.3) is 0 Å². The Balaban J connectivity index is 1.95. The third-order valence-corrected chi connectivity index (χ3v) is 4.99. The van der Waals surface area contributed by atoms with E-state index >= 15 is 0 Å². The summed E-state index contributed by atoms with van der Waals surface area (Å²) in [6, 6.07) is 17.4. The monoisotopic (exact) mass is 394 g/mol. The number of nitrogens with one attached hydrogen (secondary N) is 4. The molecule has 1 heterocycles. The van der Waals surface area contributed by atoms with Crippen molar-refractivity contribution in [3.05, 3.63) is 66.2 Å². The van der Waals surface area contributed by atoms with Crippen molar-refractivity contribution in [3.63, 3.8) is 0 Å². The summed E-state index contributed by atoms with van der Waals surface area (Å²) in [5, 5.41) is 11.6. The van der Waals surface area contributed by atoms with Crippen molar-refractivity contribution in [2.45, 2.75) is 32.0 Å². The topological polar surface area (TPSA) is 99.3 Å². The van der Waals surface area contributed by atoms with E-state index < -0.39 is 30.0 Å². The summed E-state index contributed by atoms with van der Waals surface area (Å²) < 4.78 is 0. The van der Waals surface area contributed by atoms with Gasteiger partial charge >= 0.3 is 0 Å². The average molecular weight is 394 g/mol. The van der Waals surface area contributed by atoms with E-state index in [2.05, 4.69) is 21.3 Å². The molecule has 3 amide bonds. The zero-order valence-electron chi connectivity index (χ0n) is 16.5. The molecule has 1 saturated heterocycles. The molecule has 1 fully saturated rings. The number of anilines is 1. The molecular formula is C22H26N4O3. The fraction of sp³-hybridized carbons (Fsp3) is 0.318. The maximum absolute atomic E-state index is 13.1. The van der Waals surface area contributed by atoms with Crippen LogP contribution >= 0.6 is 0 Å². The molecule has 7 nitrogen and oxygen atoms in total. The zero-order valence-corrected chi connectivity index (χ0v) is 16.5. The largest absolute Gasteiger partial charge is 0.377 e. The Morgan fingerprint density at radius 1 is 0.793 bits per heavy atom. The minimum atomic E-state index is -0.744. The molecule has 0 aromatic heterocycles. The van der Waals surface area contributed by atoms with Gasteiger partial charge in [-0.25, -0.2) is 0 Å². The highest BCUT2D eigenvalue weighted by atomic mass is 16.2. The molecule has 0 bridgehead atoms. The van der Waals surface area contributed by atoms with Gasteiger partial charge in [0.05, 0.1) is 12.0 Å². The lowest BCUT2D eigenvalue weighted by molar-refractivity contribution is -0.134. The van der Waals surface area contributed by atoms with Gasteiger partial charge in [-0.3, -0.25) is 14.4 Å². The minimum absolute atomic E-state index is 0.136. The van der Waals surface area contributed by atoms with Crippen LogP contribution in [0.4, 0.5) is 5.69 Å². The second-order valence-corrected chi connectivity index (χ2v) is 7.21. The minimum Gasteiger partial charge on any atom is -0.377 e. The highest BCUT2D eigenvalue weighted by Crippen LogP contribution is 2.27. The quantitative estimate of drug-likeness (QED) is 0.633. The van der Waals surface area contributed by atoms with E-state index in [1.54, 1.807) is 13.8 Å². The Kier molecular flexibility index (Phi) is 6.49. The molecule has 4 N–H and O–H groups in total. The summed E-state index contributed by atoms with van der Waals surface area (Å²) in [6.45, 7) is 3.37. The van der Waals surface area contributed by atoms with Crippen LogP contribution in [0.15, 0.2) is 60.7 Å². The number of hydrogen-bond acceptors (Lipinski definition) is 4. The normalized spacial score (nSPS) is 23.9. The first-order valence-corrected chi connectivity index (χ1v) is 9.70. The molecular weight excluding hydrogens is 368 g/mol. The van der Waals surface area contributed by atoms with E-state index in [1.807, 2.05) is 60.7 Å². The van der Waals surface area contributed by atoms with Gasteiger partial charge in [-0.2, -0.15) is 0 Å². The molecule has 152 valence electrons. The maximum Gasteiger partial charge on any atom is 0.242 e. The molecule has 29 heavy (non-hydrogen) atoms. The number of rotatable bonds is 4. The van der Waals surface area contributed by atoms with Gasteiger partial charge < -0.3 is 21.3 Å². The van der Waals surface area contributed by atoms with E-state index in [-0.39, 0.29) is 18.4 Å². The van der Waals surface area contributed by atoms with Crippen molar-refractivity contribution in [2.75, 3.05) is 11.9 Å². The first kappa shape index (κ1) is 20.4. The van der Waals surface area contributed by atoms with Crippen LogP contribution in [0.5, 0.6) is 0 Å². The van der Waals surface area contributed by atoms with Gasteiger partial charge in [-0.15, -0.1) is 0 Å². The highest BCUT2D eigenvalue weighted by Gasteiger charge is 2.34. The number of carbonyl (C=O) groups is 3. The van der Waals surface area contributed by atoms with Gasteiger partial charge in [-0.05, 0) is 31.5 Å². The molecule has 0 aliphatic carbocycles. The average Bonchev–Trinajstić information content (AvgIpc) is 2.73. The molecule has 2 aromatic rings. The van der Waals surface area contributed by atoms with Gasteiger partial charge in [0.1, 0.15) is 12.1 Å². The van der Waals surface area contributed by atoms with Gasteiger partial charge in [0, 0.05) is 12.2 Å². The molecule has 0 unspecified atom stereocenters. The summed E-state index contributed by atoms with van der Waals surface area (Å²) >= 11 is 0. The summed E-state index contributed by atoms with van der Waals surface area (Å²) in [6.07, 6.45) is 0. The van der Waals surface area contributed by atoms with Crippen LogP contribution in [0.2, 0.25) is 0 Å². The lowest BCUT2D eigenvalue weighted by atomic mass is 9.91. The number of benzene rings is 2. The molecule has 4 atom stereocenters. The van der Waals surface area contributed by atoms with Crippen molar-refractivity contribution in [3.8, 4) is 0 Å². The van der Waals surface area contributed by atoms with Crippen molar-refractivity contribution < 1.29 is 14.4 Å². The number of hydrogen-bond donors (Lipinski definition) is 4. The summed E-state index contributed by atoms with van der Waals surface area (Å²) in [5.41, 5.74) is 1.77. The Bertz CT molecular complexity index is 857. The summed E-state index contributed by atoms with van der Waals surface area (Å²) in [5.74, 6) is -1.65. The maximum atomic E-state index is 13.1. The number of amides is 3. The van der Waals surface area contributed by atoms with Crippen LogP contribution in [-0.4, -0.2) is 36.3 Å². The number of para-hydroxylation sites is 1. The smallest absolute Gasteiger partial charge is 0.242 e. The fourth-order valence-corrected chi connectivity index (χ4v) is 3.31. The van der Waals surface area contributed by atoms with Crippen LogP contribution in [0.3, 0.4) is 0 Å². The Hall–Kier alpha value is -3.35. The van der Waals surface area contributed by atoms with Crippen LogP contribution in [0, 0.1) is 5.92 Å². The predicted octanol–water partition coefficient (Wildman–Crippen LogP) is 1.60. The van der Waals surface area contributed by atoms with Crippen LogP contribution in [0.1, 0.15) is 25.5 Å². The Morgan fingerprint density at radius 2 is 1.34 bits per heavy atom. The second kappa shape index (κ2) is 9.23. The lowest BCUT2D eigenvalue weighted by Crippen LogP contribution is -2.57. The molecule has 7 heteroatoms. The molecule has 3 rings (SSSR count). The van der Waals surface area contributed by atoms with Gasteiger partial charge in [0.25, 0.3) is 0 Å². The fourth-order valence-electron chi connectivity index (χ4n) is 3.31. The third-order valence-electron chi connectivity index (χ3n) is 4.99. The summed E-state index contributed by atoms with van der Waals surface area (Å²) in [7, 11) is 0. The van der Waals surface area contributed by atoms with E-state index in [1.165, 1.54) is 0 Å². The predicted molar refractivity (Wildman–Crippen MR) is 111 cm³/mol. The molecule has 0 saturated carbocycles. The van der Waals surface area contributed by atoms with Gasteiger partial charge in [-0.1, -0.05) is 48.5 Å². The Labute approximate surface area is 170 Å². The highest BCUT2D eigenvalue weighted by molar-refractivity contribution is 5.93. The lowest BCUT2D eigenvalue weighted by Gasteiger charge is -2.31. The van der Waals surface area contributed by atoms with Crippen molar-refractivity contribution in [1.82, 2.24) is 16.0 Å². The first-order valence-electron chi connectivity index (χ1n) is 9.70. The molecule has 1 aliphatic heterocycles. The van der Waals surface area contributed by atoms with Gasteiger partial charge in [0.2, 0.25) is 17.7 Å². The van der Waals surface area contributed by atoms with E-state index in [4.69, 9.17) is 0 Å². The van der Waals surface area contributed by atoms with Crippen molar-refractivity contribution >= 4 is 23.4 Å². The zero-order chi connectivity index (χ0) is 20.8. The van der Waals surface area contributed by atoms with Crippen LogP contribution < -0.4 is 21.3 Å². The first-order chi connectivity index (χ1) is 14.0. The molecule has 1 aliphatic rings. The summed E-state index contributed by atoms with van der Waals surface area (Å²) in [4.78, 5) is 37.7. The van der Waals surface area contributed by atoms with Crippen LogP contribution in [-0.2, 0) is 14.4 Å². The Morgan fingerprint density at radius 3 is 2.00 bits per heavy atom. The van der Waals surface area contributed by atoms with Gasteiger partial charge in [0.15, 0.2) is 0 Å². The third kappa shape index (κ3) is 5.13. The van der Waals surface area contributed by atoms with E-state index in [0.717, 1.165) is 11.3 Å². The van der Waals surface area contributed by atoms with Crippen molar-refractivity contribution in [2.24, 2.45) is 5.92 Å². The molecule has 0 spiro atoms. The standard InChI is InChI=1S/C22H26N4O3/c1-14-20(27)23-13-18(22(29)25-15(2)21(28)24-14)19(16-9-5-3-6-10-16)26-17-11-7-4-8-12-17/h3-12,14-15,18-19,26H,13H2,1-2H3,(H,23,27)(H,24,28)(H,25,29)/t14-,15-,18+,19-/m0/s1. The second-order valence-electron chi connectivity index (χ2n) is 7.21. The SMILES string of the molecule is C[C@@H]1NC(=O)[C@H](C)NC(=O)[C@@H]([C@@H](Nc2ccccc2)c2ccccc2)CNC1=O. The van der Waals surface area contributed by atoms with E-state index in [9.17, 15) is 14.4 Å². The number of carbonyl (C=O) groups excluding carboxylic acids is 3. The van der Waals surface area contributed by atoms with Crippen molar-refractivity contribution in [1.29, 1.82) is 0 Å². The molecule has 2 aromatic carbocycles.